The van der Waals surface area contributed by atoms with Crippen molar-refractivity contribution in [2.45, 2.75) is 40.2 Å². The summed E-state index contributed by atoms with van der Waals surface area (Å²) >= 11 is 0. The van der Waals surface area contributed by atoms with Crippen LogP contribution in [0.25, 0.3) is 0 Å². The Kier molecular flexibility index (Phi) is 5.97. The highest BCUT2D eigenvalue weighted by atomic mass is 19.1. The van der Waals surface area contributed by atoms with Crippen molar-refractivity contribution in [1.29, 1.82) is 0 Å². The fraction of sp³-hybridized carbons (Fsp3) is 0.389. The molecule has 3 N–H and O–H groups in total. The number of anilines is 2. The molecule has 0 spiro atoms. The largest absolute Gasteiger partial charge is 0.383 e. The number of carbonyl (C=O) groups excluding carboxylic acids is 1. The van der Waals surface area contributed by atoms with E-state index in [1.54, 1.807) is 13.8 Å². The van der Waals surface area contributed by atoms with Gasteiger partial charge in [-0.05, 0) is 38.0 Å². The molecule has 0 atom stereocenters. The van der Waals surface area contributed by atoms with Gasteiger partial charge in [0.05, 0.1) is 0 Å². The number of H-pyrrole nitrogens is 1. The first kappa shape index (κ1) is 19.4. The lowest BCUT2D eigenvalue weighted by atomic mass is 10.1. The number of halogens is 1. The minimum atomic E-state index is -0.747. The van der Waals surface area contributed by atoms with E-state index in [2.05, 4.69) is 4.98 Å². The third-order valence-electron chi connectivity index (χ3n) is 4.20. The maximum Gasteiger partial charge on any atom is 0.330 e. The molecule has 1 heterocycles. The number of nitrogens with one attached hydrogen (secondary N) is 1. The number of hydrogen-bond acceptors (Lipinski definition) is 4. The van der Waals surface area contributed by atoms with E-state index in [4.69, 9.17) is 5.73 Å². The second-order valence-electron chi connectivity index (χ2n) is 6.01. The normalized spacial score (nSPS) is 10.8. The van der Waals surface area contributed by atoms with Crippen LogP contribution in [0.15, 0.2) is 27.8 Å². The third kappa shape index (κ3) is 3.68. The van der Waals surface area contributed by atoms with Crippen molar-refractivity contribution in [3.8, 4) is 0 Å². The Bertz CT molecular complexity index is 933. The molecule has 0 saturated heterocycles. The van der Waals surface area contributed by atoms with Crippen molar-refractivity contribution in [3.63, 3.8) is 0 Å². The van der Waals surface area contributed by atoms with E-state index in [0.717, 1.165) is 17.4 Å². The molecule has 0 unspecified atom stereocenters. The molecule has 0 aliphatic rings. The predicted molar refractivity (Wildman–Crippen MR) is 99.1 cm³/mol. The van der Waals surface area contributed by atoms with Crippen LogP contribution in [0.1, 0.15) is 42.6 Å². The first-order chi connectivity index (χ1) is 12.3. The van der Waals surface area contributed by atoms with E-state index in [1.807, 2.05) is 6.92 Å². The van der Waals surface area contributed by atoms with Gasteiger partial charge in [0, 0.05) is 18.7 Å². The monoisotopic (exact) mass is 362 g/mol. The van der Waals surface area contributed by atoms with Gasteiger partial charge in [-0.3, -0.25) is 19.1 Å². The van der Waals surface area contributed by atoms with Crippen LogP contribution in [0.2, 0.25) is 0 Å². The molecule has 0 saturated carbocycles. The molecule has 7 nitrogen and oxygen atoms in total. The molecule has 2 aromatic rings. The summed E-state index contributed by atoms with van der Waals surface area (Å²) < 4.78 is 15.1. The number of amides is 1. The highest BCUT2D eigenvalue weighted by molar-refractivity contribution is 6.07. The van der Waals surface area contributed by atoms with E-state index in [-0.39, 0.29) is 23.6 Å². The molecule has 1 aromatic heterocycles. The second kappa shape index (κ2) is 7.99. The van der Waals surface area contributed by atoms with E-state index >= 15 is 0 Å². The van der Waals surface area contributed by atoms with Crippen molar-refractivity contribution in [2.75, 3.05) is 17.2 Å². The number of nitrogens with two attached hydrogens (primary N) is 1. The van der Waals surface area contributed by atoms with Crippen LogP contribution in [0.3, 0.4) is 0 Å². The van der Waals surface area contributed by atoms with Gasteiger partial charge in [0.2, 0.25) is 0 Å². The molecule has 1 amide bonds. The summed E-state index contributed by atoms with van der Waals surface area (Å²) in [5.74, 6) is -1.15. The van der Waals surface area contributed by atoms with Gasteiger partial charge in [0.1, 0.15) is 11.6 Å². The van der Waals surface area contributed by atoms with Crippen LogP contribution in [-0.2, 0) is 6.54 Å². The molecule has 0 bridgehead atoms. The van der Waals surface area contributed by atoms with Crippen LogP contribution in [0.5, 0.6) is 0 Å². The van der Waals surface area contributed by atoms with E-state index < -0.39 is 23.0 Å². The highest BCUT2D eigenvalue weighted by Crippen LogP contribution is 2.20. The average molecular weight is 362 g/mol. The molecule has 2 rings (SSSR count). The van der Waals surface area contributed by atoms with Gasteiger partial charge >= 0.3 is 5.69 Å². The number of unbranched alkanes of at least 4 members (excludes halogenated alkanes) is 1. The Morgan fingerprint density at radius 1 is 1.31 bits per heavy atom. The van der Waals surface area contributed by atoms with Gasteiger partial charge in [-0.25, -0.2) is 9.18 Å². The zero-order chi connectivity index (χ0) is 19.4. The summed E-state index contributed by atoms with van der Waals surface area (Å²) in [6.45, 7) is 5.68. The quantitative estimate of drug-likeness (QED) is 0.821. The second-order valence-corrected chi connectivity index (χ2v) is 6.01. The van der Waals surface area contributed by atoms with Crippen LogP contribution in [0.4, 0.5) is 15.9 Å². The van der Waals surface area contributed by atoms with Crippen molar-refractivity contribution >= 4 is 17.4 Å². The van der Waals surface area contributed by atoms with Crippen molar-refractivity contribution in [3.05, 3.63) is 56.0 Å². The molecule has 0 aliphatic carbocycles. The third-order valence-corrected chi connectivity index (χ3v) is 4.20. The molecular formula is C18H23FN4O3. The Labute approximate surface area is 150 Å². The minimum Gasteiger partial charge on any atom is -0.383 e. The van der Waals surface area contributed by atoms with E-state index in [1.165, 1.54) is 16.7 Å². The summed E-state index contributed by atoms with van der Waals surface area (Å²) in [6, 6.07) is 4.10. The van der Waals surface area contributed by atoms with Gasteiger partial charge in [0.25, 0.3) is 11.5 Å². The Balaban J connectivity index is 2.55. The number of nitrogen functional groups attached to an aromatic ring is 1. The SMILES string of the molecule is CCCCn1c(N)c(N(CC)C(=O)c2ccc(C)c(F)c2)c(=O)[nH]c1=O. The first-order valence-corrected chi connectivity index (χ1v) is 8.52. The van der Waals surface area contributed by atoms with Crippen molar-refractivity contribution in [1.82, 2.24) is 9.55 Å². The topological polar surface area (TPSA) is 101 Å². The number of aryl methyl sites for hydroxylation is 1. The highest BCUT2D eigenvalue weighted by Gasteiger charge is 2.24. The summed E-state index contributed by atoms with van der Waals surface area (Å²) in [6.07, 6.45) is 1.53. The fourth-order valence-electron chi connectivity index (χ4n) is 2.66. The summed E-state index contributed by atoms with van der Waals surface area (Å²) in [5.41, 5.74) is 5.09. The number of carbonyl (C=O) groups is 1. The van der Waals surface area contributed by atoms with Crippen molar-refractivity contribution in [2.24, 2.45) is 0 Å². The Morgan fingerprint density at radius 2 is 2.00 bits per heavy atom. The van der Waals surface area contributed by atoms with Gasteiger partial charge in [0.15, 0.2) is 5.69 Å². The number of rotatable bonds is 6. The number of hydrogen-bond donors (Lipinski definition) is 2. The van der Waals surface area contributed by atoms with Crippen molar-refractivity contribution < 1.29 is 9.18 Å². The molecule has 26 heavy (non-hydrogen) atoms. The maximum absolute atomic E-state index is 13.8. The van der Waals surface area contributed by atoms with Gasteiger partial charge in [-0.1, -0.05) is 19.4 Å². The Morgan fingerprint density at radius 3 is 2.58 bits per heavy atom. The first-order valence-electron chi connectivity index (χ1n) is 8.52. The zero-order valence-electron chi connectivity index (χ0n) is 15.1. The number of benzene rings is 1. The lowest BCUT2D eigenvalue weighted by molar-refractivity contribution is 0.0987. The summed E-state index contributed by atoms with van der Waals surface area (Å²) in [7, 11) is 0. The lowest BCUT2D eigenvalue weighted by Crippen LogP contribution is -2.41. The zero-order valence-corrected chi connectivity index (χ0v) is 15.1. The summed E-state index contributed by atoms with van der Waals surface area (Å²) in [4.78, 5) is 40.5. The number of nitrogens with zero attached hydrogens (tertiary/aromatic N) is 2. The van der Waals surface area contributed by atoms with Crippen LogP contribution < -0.4 is 21.9 Å². The number of aromatic amines is 1. The van der Waals surface area contributed by atoms with Crippen LogP contribution >= 0.6 is 0 Å². The van der Waals surface area contributed by atoms with Crippen LogP contribution in [0, 0.1) is 12.7 Å². The standard InChI is InChI=1S/C18H23FN4O3/c1-4-6-9-23-15(20)14(16(24)21-18(23)26)22(5-2)17(25)12-8-7-11(3)13(19)10-12/h7-8,10H,4-6,9,20H2,1-3H3,(H,21,24,26). The fourth-order valence-corrected chi connectivity index (χ4v) is 2.66. The molecule has 8 heteroatoms. The molecular weight excluding hydrogens is 339 g/mol. The van der Waals surface area contributed by atoms with Crippen LogP contribution in [-0.4, -0.2) is 22.0 Å². The van der Waals surface area contributed by atoms with E-state index in [9.17, 15) is 18.8 Å². The number of aromatic nitrogens is 2. The average Bonchev–Trinajstić information content (AvgIpc) is 2.60. The minimum absolute atomic E-state index is 0.0741. The molecule has 0 fully saturated rings. The lowest BCUT2D eigenvalue weighted by Gasteiger charge is -2.23. The Hall–Kier alpha value is -2.90. The molecule has 1 aromatic carbocycles. The molecule has 0 radical (unpaired) electrons. The van der Waals surface area contributed by atoms with Gasteiger partial charge in [-0.2, -0.15) is 0 Å². The maximum atomic E-state index is 13.8. The van der Waals surface area contributed by atoms with E-state index in [0.29, 0.717) is 18.5 Å². The van der Waals surface area contributed by atoms with Gasteiger partial charge in [-0.15, -0.1) is 0 Å². The van der Waals surface area contributed by atoms with Gasteiger partial charge < -0.3 is 10.6 Å². The predicted octanol–water partition coefficient (Wildman–Crippen LogP) is 2.03. The molecule has 0 aliphatic heterocycles. The summed E-state index contributed by atoms with van der Waals surface area (Å²) in [5, 5.41) is 0. The smallest absolute Gasteiger partial charge is 0.330 e. The molecule has 140 valence electrons.